The van der Waals surface area contributed by atoms with Gasteiger partial charge < -0.3 is 14.2 Å². The van der Waals surface area contributed by atoms with Crippen molar-refractivity contribution in [3.8, 4) is 0 Å². The van der Waals surface area contributed by atoms with Crippen molar-refractivity contribution < 1.29 is 14.2 Å². The molecule has 1 aliphatic heterocycles. The number of ether oxygens (including phenoxy) is 3. The van der Waals surface area contributed by atoms with Gasteiger partial charge in [-0.15, -0.1) is 11.3 Å². The van der Waals surface area contributed by atoms with Crippen LogP contribution in [0.15, 0.2) is 41.9 Å². The summed E-state index contributed by atoms with van der Waals surface area (Å²) in [4.78, 5) is 4.38. The summed E-state index contributed by atoms with van der Waals surface area (Å²) in [5.41, 5.74) is 1.14. The molecule has 0 saturated carbocycles. The Bertz CT molecular complexity index is 556. The van der Waals surface area contributed by atoms with E-state index in [-0.39, 0.29) is 12.2 Å². The van der Waals surface area contributed by atoms with E-state index in [0.717, 1.165) is 10.6 Å². The minimum Gasteiger partial charge on any atom is -0.364 e. The van der Waals surface area contributed by atoms with Gasteiger partial charge in [-0.3, -0.25) is 0 Å². The molecule has 2 atom stereocenters. The van der Waals surface area contributed by atoms with E-state index < -0.39 is 5.79 Å². The van der Waals surface area contributed by atoms with Crippen LogP contribution in [0.2, 0.25) is 0 Å². The van der Waals surface area contributed by atoms with Gasteiger partial charge >= 0.3 is 0 Å². The molecule has 1 aromatic carbocycles. The van der Waals surface area contributed by atoms with E-state index in [2.05, 4.69) is 17.1 Å². The second-order valence-corrected chi connectivity index (χ2v) is 6.38. The van der Waals surface area contributed by atoms with E-state index in [1.165, 1.54) is 0 Å². The van der Waals surface area contributed by atoms with Crippen molar-refractivity contribution in [2.75, 3.05) is 6.61 Å². The summed E-state index contributed by atoms with van der Waals surface area (Å²) in [5.74, 6) is -0.559. The average Bonchev–Trinajstić information content (AvgIpc) is 3.11. The lowest BCUT2D eigenvalue weighted by molar-refractivity contribution is -0.158. The Hall–Kier alpha value is -1.27. The fraction of sp³-hybridized carbons (Fsp3) is 0.438. The predicted octanol–water partition coefficient (Wildman–Crippen LogP) is 3.55. The van der Waals surface area contributed by atoms with Crippen molar-refractivity contribution >= 4 is 11.3 Å². The molecule has 0 bridgehead atoms. The minimum absolute atomic E-state index is 0.130. The van der Waals surface area contributed by atoms with Crippen LogP contribution in [-0.4, -0.2) is 23.5 Å². The van der Waals surface area contributed by atoms with Gasteiger partial charge in [0.1, 0.15) is 17.2 Å². The van der Waals surface area contributed by atoms with Crippen LogP contribution in [0.3, 0.4) is 0 Å². The molecule has 2 aromatic rings. The Balaban J connectivity index is 1.71. The Morgan fingerprint density at radius 3 is 2.81 bits per heavy atom. The highest BCUT2D eigenvalue weighted by atomic mass is 32.1. The quantitative estimate of drug-likeness (QED) is 0.847. The lowest BCUT2D eigenvalue weighted by atomic mass is 10.2. The van der Waals surface area contributed by atoms with Gasteiger partial charge in [0.15, 0.2) is 5.79 Å². The van der Waals surface area contributed by atoms with Crippen LogP contribution < -0.4 is 0 Å². The molecule has 112 valence electrons. The van der Waals surface area contributed by atoms with Gasteiger partial charge in [0, 0.05) is 11.6 Å². The van der Waals surface area contributed by atoms with Crippen molar-refractivity contribution in [1.82, 2.24) is 4.98 Å². The first-order chi connectivity index (χ1) is 10.1. The third-order valence-electron chi connectivity index (χ3n) is 3.34. The van der Waals surface area contributed by atoms with E-state index in [4.69, 9.17) is 14.2 Å². The minimum atomic E-state index is -0.559. The van der Waals surface area contributed by atoms with Gasteiger partial charge in [-0.25, -0.2) is 4.98 Å². The molecule has 0 aliphatic carbocycles. The van der Waals surface area contributed by atoms with Crippen molar-refractivity contribution in [1.29, 1.82) is 0 Å². The molecule has 2 heterocycles. The molecule has 21 heavy (non-hydrogen) atoms. The van der Waals surface area contributed by atoms with Crippen LogP contribution in [0.4, 0.5) is 0 Å². The lowest BCUT2D eigenvalue weighted by Crippen LogP contribution is -2.27. The molecule has 3 rings (SSSR count). The molecule has 4 nitrogen and oxygen atoms in total. The van der Waals surface area contributed by atoms with Crippen LogP contribution in [-0.2, 0) is 20.8 Å². The Morgan fingerprint density at radius 1 is 1.38 bits per heavy atom. The molecular weight excluding hydrogens is 286 g/mol. The van der Waals surface area contributed by atoms with Crippen LogP contribution in [0, 0.1) is 0 Å². The number of aromatic nitrogens is 1. The van der Waals surface area contributed by atoms with Crippen molar-refractivity contribution in [2.24, 2.45) is 0 Å². The smallest absolute Gasteiger partial charge is 0.163 e. The number of rotatable bonds is 5. The summed E-state index contributed by atoms with van der Waals surface area (Å²) in [6.07, 6.45) is 1.46. The van der Waals surface area contributed by atoms with Gasteiger partial charge in [0.2, 0.25) is 0 Å². The highest BCUT2D eigenvalue weighted by molar-refractivity contribution is 7.09. The van der Waals surface area contributed by atoms with Crippen LogP contribution >= 0.6 is 11.3 Å². The van der Waals surface area contributed by atoms with Crippen molar-refractivity contribution in [2.45, 2.75) is 38.4 Å². The lowest BCUT2D eigenvalue weighted by Gasteiger charge is -2.23. The van der Waals surface area contributed by atoms with Crippen molar-refractivity contribution in [3.05, 3.63) is 52.5 Å². The van der Waals surface area contributed by atoms with E-state index in [1.807, 2.05) is 37.4 Å². The molecule has 1 aliphatic rings. The summed E-state index contributed by atoms with van der Waals surface area (Å²) in [7, 11) is 0. The molecule has 1 fully saturated rings. The molecule has 0 radical (unpaired) electrons. The molecule has 1 saturated heterocycles. The molecule has 0 N–H and O–H groups in total. The van der Waals surface area contributed by atoms with E-state index >= 15 is 0 Å². The Kier molecular flexibility index (Phi) is 4.35. The molecule has 0 unspecified atom stereocenters. The van der Waals surface area contributed by atoms with Crippen molar-refractivity contribution in [3.63, 3.8) is 0 Å². The summed E-state index contributed by atoms with van der Waals surface area (Å²) >= 11 is 1.58. The van der Waals surface area contributed by atoms with Gasteiger partial charge in [-0.2, -0.15) is 0 Å². The first-order valence-corrected chi connectivity index (χ1v) is 7.89. The first kappa shape index (κ1) is 14.7. The van der Waals surface area contributed by atoms with E-state index in [1.54, 1.807) is 17.5 Å². The molecule has 1 aromatic heterocycles. The molecule has 0 spiro atoms. The molecule has 5 heteroatoms. The number of thiazole rings is 1. The van der Waals surface area contributed by atoms with E-state index in [9.17, 15) is 0 Å². The second kappa shape index (κ2) is 6.23. The maximum atomic E-state index is 6.09. The number of benzene rings is 1. The normalized spacial score (nSPS) is 22.3. The number of nitrogens with zero attached hydrogens (tertiary/aromatic N) is 1. The standard InChI is InChI=1S/C16H19NO3S/c1-16(2)19-11-13(20-16)14(15-17-8-9-21-15)18-10-12-6-4-3-5-7-12/h3-9,13-14H,10-11H2,1-2H3/t13-,14+/m0/s1. The third kappa shape index (κ3) is 3.68. The monoisotopic (exact) mass is 305 g/mol. The van der Waals surface area contributed by atoms with Crippen LogP contribution in [0.1, 0.15) is 30.5 Å². The first-order valence-electron chi connectivity index (χ1n) is 7.01. The van der Waals surface area contributed by atoms with Gasteiger partial charge in [-0.05, 0) is 19.4 Å². The maximum absolute atomic E-state index is 6.09. The zero-order valence-corrected chi connectivity index (χ0v) is 13.0. The number of hydrogen-bond donors (Lipinski definition) is 0. The van der Waals surface area contributed by atoms with Crippen LogP contribution in [0.25, 0.3) is 0 Å². The summed E-state index contributed by atoms with van der Waals surface area (Å²) in [5, 5.41) is 2.88. The van der Waals surface area contributed by atoms with E-state index in [0.29, 0.717) is 13.2 Å². The topological polar surface area (TPSA) is 40.6 Å². The number of hydrogen-bond acceptors (Lipinski definition) is 5. The van der Waals surface area contributed by atoms with Gasteiger partial charge in [-0.1, -0.05) is 30.3 Å². The Morgan fingerprint density at radius 2 is 2.19 bits per heavy atom. The molecular formula is C16H19NO3S. The largest absolute Gasteiger partial charge is 0.364 e. The predicted molar refractivity (Wildman–Crippen MR) is 81.0 cm³/mol. The summed E-state index contributed by atoms with van der Waals surface area (Å²) in [6.45, 7) is 4.89. The van der Waals surface area contributed by atoms with Crippen LogP contribution in [0.5, 0.6) is 0 Å². The maximum Gasteiger partial charge on any atom is 0.163 e. The Labute approximate surface area is 128 Å². The zero-order valence-electron chi connectivity index (χ0n) is 12.2. The average molecular weight is 305 g/mol. The highest BCUT2D eigenvalue weighted by Crippen LogP contribution is 2.34. The second-order valence-electron chi connectivity index (χ2n) is 5.45. The summed E-state index contributed by atoms with van der Waals surface area (Å²) in [6, 6.07) is 10.1. The van der Waals surface area contributed by atoms with Gasteiger partial charge in [0.05, 0.1) is 13.2 Å². The zero-order chi connectivity index (χ0) is 14.7. The summed E-state index contributed by atoms with van der Waals surface area (Å²) < 4.78 is 17.7. The third-order valence-corrected chi connectivity index (χ3v) is 4.17. The van der Waals surface area contributed by atoms with Gasteiger partial charge in [0.25, 0.3) is 0 Å². The highest BCUT2D eigenvalue weighted by Gasteiger charge is 2.39. The molecule has 0 amide bonds. The fourth-order valence-corrected chi connectivity index (χ4v) is 3.07. The SMILES string of the molecule is CC1(C)OC[C@@H]([C@@H](OCc2ccccc2)c2nccs2)O1. The fourth-order valence-electron chi connectivity index (χ4n) is 2.34.